The summed E-state index contributed by atoms with van der Waals surface area (Å²) in [5, 5.41) is 7.28. The Morgan fingerprint density at radius 3 is 2.74 bits per heavy atom. The Morgan fingerprint density at radius 2 is 2.09 bits per heavy atom. The molecule has 23 heavy (non-hydrogen) atoms. The van der Waals surface area contributed by atoms with Gasteiger partial charge in [-0.15, -0.1) is 0 Å². The van der Waals surface area contributed by atoms with Gasteiger partial charge in [-0.05, 0) is 18.9 Å². The van der Waals surface area contributed by atoms with E-state index in [9.17, 15) is 4.79 Å². The van der Waals surface area contributed by atoms with Crippen LogP contribution in [0.5, 0.6) is 0 Å². The van der Waals surface area contributed by atoms with Crippen molar-refractivity contribution < 1.29 is 4.79 Å². The fraction of sp³-hybridized carbons (Fsp3) is 0.467. The molecule has 1 amide bonds. The summed E-state index contributed by atoms with van der Waals surface area (Å²) in [6, 6.07) is 2.52. The Labute approximate surface area is 134 Å². The summed E-state index contributed by atoms with van der Waals surface area (Å²) in [7, 11) is 1.87. The highest BCUT2D eigenvalue weighted by molar-refractivity contribution is 5.55. The van der Waals surface area contributed by atoms with Crippen molar-refractivity contribution in [2.24, 2.45) is 7.05 Å². The van der Waals surface area contributed by atoms with Crippen LogP contribution in [-0.2, 0) is 11.8 Å². The Morgan fingerprint density at radius 1 is 1.30 bits per heavy atom. The predicted octanol–water partition coefficient (Wildman–Crippen LogP) is 0.763. The van der Waals surface area contributed by atoms with E-state index in [1.165, 1.54) is 0 Å². The number of nitrogens with one attached hydrogen (secondary N) is 1. The minimum atomic E-state index is 0.302. The molecule has 0 aliphatic carbocycles. The second-order valence-electron chi connectivity index (χ2n) is 6.11. The molecule has 0 saturated carbocycles. The summed E-state index contributed by atoms with van der Waals surface area (Å²) >= 11 is 0. The SMILES string of the molecule is Cn1cc(Nc2nccc(N3C[C@@H]4CC[C@@H](C3)N4C=O)n2)cn1. The van der Waals surface area contributed by atoms with Gasteiger partial charge in [0.25, 0.3) is 0 Å². The lowest BCUT2D eigenvalue weighted by molar-refractivity contribution is -0.121. The summed E-state index contributed by atoms with van der Waals surface area (Å²) < 4.78 is 1.72. The van der Waals surface area contributed by atoms with Crippen LogP contribution in [0.25, 0.3) is 0 Å². The number of nitrogens with zero attached hydrogens (tertiary/aromatic N) is 6. The first-order valence-electron chi connectivity index (χ1n) is 7.79. The topological polar surface area (TPSA) is 79.2 Å². The molecule has 8 heteroatoms. The van der Waals surface area contributed by atoms with Crippen LogP contribution < -0.4 is 10.2 Å². The number of aromatic nitrogens is 4. The predicted molar refractivity (Wildman–Crippen MR) is 85.4 cm³/mol. The average Bonchev–Trinajstić information content (AvgIpc) is 3.07. The van der Waals surface area contributed by atoms with Gasteiger partial charge >= 0.3 is 0 Å². The maximum Gasteiger partial charge on any atom is 0.229 e. The van der Waals surface area contributed by atoms with Gasteiger partial charge in [0.05, 0.1) is 11.9 Å². The molecule has 0 aromatic carbocycles. The molecule has 2 aliphatic heterocycles. The van der Waals surface area contributed by atoms with Crippen LogP contribution in [0.4, 0.5) is 17.5 Å². The highest BCUT2D eigenvalue weighted by atomic mass is 16.1. The van der Waals surface area contributed by atoms with Crippen LogP contribution in [0.3, 0.4) is 0 Å². The third kappa shape index (κ3) is 2.60. The standard InChI is InChI=1S/C15H19N7O/c1-20-7-11(6-17-20)18-15-16-5-4-14(19-15)21-8-12-2-3-13(9-21)22(12)10-23/h4-7,10,12-13H,2-3,8-9H2,1H3,(H,16,18,19)/t12-,13-/m0/s1. The van der Waals surface area contributed by atoms with E-state index in [4.69, 9.17) is 0 Å². The fourth-order valence-corrected chi connectivity index (χ4v) is 3.50. The van der Waals surface area contributed by atoms with Crippen LogP contribution in [0.15, 0.2) is 24.7 Å². The summed E-state index contributed by atoms with van der Waals surface area (Å²) in [5.74, 6) is 1.45. The molecule has 2 fully saturated rings. The van der Waals surface area contributed by atoms with Crippen LogP contribution in [0.2, 0.25) is 0 Å². The maximum atomic E-state index is 11.2. The van der Waals surface area contributed by atoms with Crippen molar-refractivity contribution in [1.82, 2.24) is 24.6 Å². The molecule has 0 radical (unpaired) electrons. The first-order chi connectivity index (χ1) is 11.2. The summed E-state index contributed by atoms with van der Waals surface area (Å²) in [6.07, 6.45) is 8.51. The lowest BCUT2D eigenvalue weighted by Gasteiger charge is -2.39. The van der Waals surface area contributed by atoms with Gasteiger partial charge < -0.3 is 15.1 Å². The van der Waals surface area contributed by atoms with Crippen LogP contribution in [0.1, 0.15) is 12.8 Å². The Kier molecular flexibility index (Phi) is 3.36. The molecule has 0 unspecified atom stereocenters. The van der Waals surface area contributed by atoms with Crippen molar-refractivity contribution in [2.45, 2.75) is 24.9 Å². The molecular weight excluding hydrogens is 294 g/mol. The first-order valence-corrected chi connectivity index (χ1v) is 7.79. The van der Waals surface area contributed by atoms with Gasteiger partial charge in [0.1, 0.15) is 5.82 Å². The molecule has 2 atom stereocenters. The molecule has 2 aromatic rings. The van der Waals surface area contributed by atoms with Crippen molar-refractivity contribution in [3.8, 4) is 0 Å². The number of carbonyl (C=O) groups excluding carboxylic acids is 1. The highest BCUT2D eigenvalue weighted by Crippen LogP contribution is 2.31. The van der Waals surface area contributed by atoms with Gasteiger partial charge in [-0.1, -0.05) is 0 Å². The van der Waals surface area contributed by atoms with Gasteiger partial charge in [-0.25, -0.2) is 4.98 Å². The molecule has 2 aliphatic rings. The zero-order valence-electron chi connectivity index (χ0n) is 13.0. The largest absolute Gasteiger partial charge is 0.352 e. The third-order valence-electron chi connectivity index (χ3n) is 4.59. The Hall–Kier alpha value is -2.64. The monoisotopic (exact) mass is 313 g/mol. The smallest absolute Gasteiger partial charge is 0.229 e. The highest BCUT2D eigenvalue weighted by Gasteiger charge is 2.39. The van der Waals surface area contributed by atoms with Crippen molar-refractivity contribution in [3.05, 3.63) is 24.7 Å². The van der Waals surface area contributed by atoms with Gasteiger partial charge in [-0.2, -0.15) is 10.1 Å². The first kappa shape index (κ1) is 14.0. The van der Waals surface area contributed by atoms with Gasteiger partial charge in [-0.3, -0.25) is 9.48 Å². The van der Waals surface area contributed by atoms with E-state index in [2.05, 4.69) is 25.3 Å². The van der Waals surface area contributed by atoms with Gasteiger partial charge in [0, 0.05) is 44.6 Å². The third-order valence-corrected chi connectivity index (χ3v) is 4.59. The molecule has 2 saturated heterocycles. The number of amides is 1. The Bertz CT molecular complexity index is 701. The second-order valence-corrected chi connectivity index (χ2v) is 6.11. The van der Waals surface area contributed by atoms with Crippen LogP contribution >= 0.6 is 0 Å². The van der Waals surface area contributed by atoms with Crippen molar-refractivity contribution >= 4 is 23.9 Å². The summed E-state index contributed by atoms with van der Waals surface area (Å²) in [5.41, 5.74) is 0.857. The van der Waals surface area contributed by atoms with Crippen molar-refractivity contribution in [3.63, 3.8) is 0 Å². The number of hydrogen-bond donors (Lipinski definition) is 1. The molecule has 1 N–H and O–H groups in total. The van der Waals surface area contributed by atoms with Crippen molar-refractivity contribution in [1.29, 1.82) is 0 Å². The number of aryl methyl sites for hydroxylation is 1. The van der Waals surface area contributed by atoms with E-state index < -0.39 is 0 Å². The number of rotatable bonds is 4. The molecule has 4 rings (SSSR count). The van der Waals surface area contributed by atoms with E-state index in [0.29, 0.717) is 18.0 Å². The van der Waals surface area contributed by atoms with E-state index in [-0.39, 0.29) is 0 Å². The van der Waals surface area contributed by atoms with E-state index in [1.807, 2.05) is 24.2 Å². The lowest BCUT2D eigenvalue weighted by atomic mass is 10.2. The van der Waals surface area contributed by atoms with Gasteiger partial charge in [0.2, 0.25) is 12.4 Å². The van der Waals surface area contributed by atoms with E-state index >= 15 is 0 Å². The summed E-state index contributed by atoms with van der Waals surface area (Å²) in [6.45, 7) is 1.66. The molecule has 4 heterocycles. The Balaban J connectivity index is 1.52. The number of hydrogen-bond acceptors (Lipinski definition) is 6. The molecule has 120 valence electrons. The number of piperazine rings is 1. The number of carbonyl (C=O) groups is 1. The lowest BCUT2D eigenvalue weighted by Crippen LogP contribution is -2.53. The maximum absolute atomic E-state index is 11.2. The normalized spacial score (nSPS) is 23.2. The minimum absolute atomic E-state index is 0.302. The zero-order chi connectivity index (χ0) is 15.8. The van der Waals surface area contributed by atoms with Crippen molar-refractivity contribution in [2.75, 3.05) is 23.3 Å². The van der Waals surface area contributed by atoms with Crippen LogP contribution in [0, 0.1) is 0 Å². The van der Waals surface area contributed by atoms with E-state index in [0.717, 1.165) is 43.8 Å². The average molecular weight is 313 g/mol. The van der Waals surface area contributed by atoms with Crippen LogP contribution in [-0.4, -0.2) is 56.2 Å². The number of anilines is 3. The molecule has 2 bridgehead atoms. The molecule has 8 nitrogen and oxygen atoms in total. The van der Waals surface area contributed by atoms with E-state index in [1.54, 1.807) is 17.1 Å². The fourth-order valence-electron chi connectivity index (χ4n) is 3.50. The van der Waals surface area contributed by atoms with Gasteiger partial charge in [0.15, 0.2) is 0 Å². The molecule has 2 aromatic heterocycles. The second kappa shape index (κ2) is 5.53. The zero-order valence-corrected chi connectivity index (χ0v) is 13.0. The minimum Gasteiger partial charge on any atom is -0.352 e. The quantitative estimate of drug-likeness (QED) is 0.840. The molecular formula is C15H19N7O. The number of fused-ring (bicyclic) bond motifs is 2. The summed E-state index contributed by atoms with van der Waals surface area (Å²) in [4.78, 5) is 24.3. The molecule has 0 spiro atoms.